The van der Waals surface area contributed by atoms with E-state index in [4.69, 9.17) is 9.84 Å². The third-order valence-corrected chi connectivity index (χ3v) is 1.90. The summed E-state index contributed by atoms with van der Waals surface area (Å²) in [7, 11) is 1.58. The number of hydrogen-bond acceptors (Lipinski definition) is 3. The lowest BCUT2D eigenvalue weighted by atomic mass is 10.3. The molecule has 6 heteroatoms. The molecule has 0 heterocycles. The Bertz CT molecular complexity index is 204. The lowest BCUT2D eigenvalue weighted by molar-refractivity contribution is -0.136. The van der Waals surface area contributed by atoms with Gasteiger partial charge in [-0.25, -0.2) is 4.79 Å². The molecule has 0 aliphatic rings. The summed E-state index contributed by atoms with van der Waals surface area (Å²) in [4.78, 5) is 21.2. The first-order valence-electron chi connectivity index (χ1n) is 4.86. The molecule has 0 saturated heterocycles. The summed E-state index contributed by atoms with van der Waals surface area (Å²) in [6.07, 6.45) is 0.732. The highest BCUT2D eigenvalue weighted by Gasteiger charge is 2.06. The first-order valence-corrected chi connectivity index (χ1v) is 4.86. The van der Waals surface area contributed by atoms with Crippen molar-refractivity contribution in [2.75, 3.05) is 20.2 Å². The van der Waals surface area contributed by atoms with Crippen molar-refractivity contribution < 1.29 is 19.4 Å². The lowest BCUT2D eigenvalue weighted by Crippen LogP contribution is -2.40. The van der Waals surface area contributed by atoms with E-state index in [1.807, 2.05) is 6.92 Å². The van der Waals surface area contributed by atoms with Gasteiger partial charge in [-0.05, 0) is 6.42 Å². The first kappa shape index (κ1) is 13.7. The zero-order valence-electron chi connectivity index (χ0n) is 9.08. The van der Waals surface area contributed by atoms with Gasteiger partial charge in [-0.1, -0.05) is 6.92 Å². The summed E-state index contributed by atoms with van der Waals surface area (Å²) in [6, 6.07) is -0.369. The minimum atomic E-state index is -0.932. The van der Waals surface area contributed by atoms with Crippen LogP contribution in [0.1, 0.15) is 19.8 Å². The maximum Gasteiger partial charge on any atom is 0.314 e. The minimum Gasteiger partial charge on any atom is -0.481 e. The van der Waals surface area contributed by atoms with Crippen LogP contribution in [-0.2, 0) is 9.53 Å². The van der Waals surface area contributed by atoms with E-state index in [9.17, 15) is 9.59 Å². The van der Waals surface area contributed by atoms with E-state index in [-0.39, 0.29) is 25.1 Å². The van der Waals surface area contributed by atoms with E-state index in [2.05, 4.69) is 10.6 Å². The average molecular weight is 218 g/mol. The van der Waals surface area contributed by atoms with Gasteiger partial charge in [0.2, 0.25) is 0 Å². The Balaban J connectivity index is 3.52. The maximum atomic E-state index is 11.1. The molecular weight excluding hydrogens is 200 g/mol. The van der Waals surface area contributed by atoms with Gasteiger partial charge in [0.25, 0.3) is 0 Å². The van der Waals surface area contributed by atoms with Crippen molar-refractivity contribution in [3.05, 3.63) is 0 Å². The van der Waals surface area contributed by atoms with Crippen LogP contribution in [0.25, 0.3) is 0 Å². The second-order valence-corrected chi connectivity index (χ2v) is 3.05. The normalized spacial score (nSPS) is 11.9. The number of rotatable bonds is 7. The molecule has 0 saturated carbocycles. The molecule has 0 bridgehead atoms. The highest BCUT2D eigenvalue weighted by atomic mass is 16.5. The number of carbonyl (C=O) groups excluding carboxylic acids is 1. The minimum absolute atomic E-state index is 0.00442. The number of carboxylic acid groups (broad SMARTS) is 1. The van der Waals surface area contributed by atoms with Crippen LogP contribution in [0.3, 0.4) is 0 Å². The Morgan fingerprint density at radius 1 is 1.40 bits per heavy atom. The van der Waals surface area contributed by atoms with Crippen LogP contribution in [0, 0.1) is 0 Å². The molecule has 0 aromatic rings. The third kappa shape index (κ3) is 7.75. The quantitative estimate of drug-likeness (QED) is 0.569. The van der Waals surface area contributed by atoms with Crippen LogP contribution in [0.2, 0.25) is 0 Å². The second kappa shape index (κ2) is 8.05. The molecule has 1 atom stereocenters. The zero-order chi connectivity index (χ0) is 11.7. The van der Waals surface area contributed by atoms with Gasteiger partial charge in [0.05, 0.1) is 12.5 Å². The van der Waals surface area contributed by atoms with Gasteiger partial charge < -0.3 is 20.5 Å². The molecule has 3 N–H and O–H groups in total. The summed E-state index contributed by atoms with van der Waals surface area (Å²) in [6.45, 7) is 2.51. The number of carbonyl (C=O) groups is 2. The van der Waals surface area contributed by atoms with Crippen molar-refractivity contribution in [3.63, 3.8) is 0 Å². The molecule has 0 aliphatic heterocycles. The van der Waals surface area contributed by atoms with Crippen molar-refractivity contribution >= 4 is 12.0 Å². The van der Waals surface area contributed by atoms with Gasteiger partial charge in [0.1, 0.15) is 0 Å². The molecule has 0 aliphatic carbocycles. The van der Waals surface area contributed by atoms with E-state index < -0.39 is 5.97 Å². The molecule has 0 aromatic carbocycles. The van der Waals surface area contributed by atoms with Gasteiger partial charge in [-0.15, -0.1) is 0 Å². The maximum absolute atomic E-state index is 11.1. The largest absolute Gasteiger partial charge is 0.481 e. The van der Waals surface area contributed by atoms with Crippen LogP contribution >= 0.6 is 0 Å². The van der Waals surface area contributed by atoms with Gasteiger partial charge >= 0.3 is 12.0 Å². The first-order chi connectivity index (χ1) is 7.10. The van der Waals surface area contributed by atoms with E-state index in [0.29, 0.717) is 6.54 Å². The Labute approximate surface area is 89.0 Å². The van der Waals surface area contributed by atoms with Crippen molar-refractivity contribution in [1.29, 1.82) is 0 Å². The van der Waals surface area contributed by atoms with E-state index in [1.54, 1.807) is 7.11 Å². The average Bonchev–Trinajstić information content (AvgIpc) is 2.18. The summed E-state index contributed by atoms with van der Waals surface area (Å²) in [5.41, 5.74) is 0. The standard InChI is InChI=1S/C9H18N2O4/c1-3-7(15-2)6-11-9(14)10-5-4-8(12)13/h7H,3-6H2,1-2H3,(H,12,13)(H2,10,11,14). The highest BCUT2D eigenvalue weighted by molar-refractivity contribution is 5.74. The Morgan fingerprint density at radius 3 is 2.53 bits per heavy atom. The number of methoxy groups -OCH3 is 1. The predicted octanol–water partition coefficient (Wildman–Crippen LogP) is 0.185. The lowest BCUT2D eigenvalue weighted by Gasteiger charge is -2.13. The third-order valence-electron chi connectivity index (χ3n) is 1.90. The number of urea groups is 1. The molecule has 88 valence electrons. The molecule has 0 spiro atoms. The fourth-order valence-corrected chi connectivity index (χ4v) is 0.946. The monoisotopic (exact) mass is 218 g/mol. The SMILES string of the molecule is CCC(CNC(=O)NCCC(=O)O)OC. The molecule has 0 rings (SSSR count). The van der Waals surface area contributed by atoms with Crippen LogP contribution in [-0.4, -0.2) is 43.4 Å². The van der Waals surface area contributed by atoms with Crippen molar-refractivity contribution in [3.8, 4) is 0 Å². The fourth-order valence-electron chi connectivity index (χ4n) is 0.946. The number of ether oxygens (including phenoxy) is 1. The summed E-state index contributed by atoms with van der Waals surface area (Å²) >= 11 is 0. The fraction of sp³-hybridized carbons (Fsp3) is 0.778. The molecule has 15 heavy (non-hydrogen) atoms. The van der Waals surface area contributed by atoms with Crippen LogP contribution in [0.15, 0.2) is 0 Å². The zero-order valence-corrected chi connectivity index (χ0v) is 9.08. The van der Waals surface area contributed by atoms with E-state index in [1.165, 1.54) is 0 Å². The number of aliphatic carboxylic acids is 1. The van der Waals surface area contributed by atoms with Gasteiger partial charge in [0.15, 0.2) is 0 Å². The Kier molecular flexibility index (Phi) is 7.35. The predicted molar refractivity (Wildman–Crippen MR) is 54.7 cm³/mol. The molecular formula is C9H18N2O4. The number of nitrogens with one attached hydrogen (secondary N) is 2. The van der Waals surface area contributed by atoms with Gasteiger partial charge in [0, 0.05) is 20.2 Å². The Morgan fingerprint density at radius 2 is 2.07 bits per heavy atom. The molecule has 0 aromatic heterocycles. The second-order valence-electron chi connectivity index (χ2n) is 3.05. The Hall–Kier alpha value is -1.30. The van der Waals surface area contributed by atoms with Crippen LogP contribution in [0.4, 0.5) is 4.79 Å². The summed E-state index contributed by atoms with van der Waals surface area (Å²) in [5.74, 6) is -0.932. The van der Waals surface area contributed by atoms with Crippen molar-refractivity contribution in [1.82, 2.24) is 10.6 Å². The van der Waals surface area contributed by atoms with Gasteiger partial charge in [-0.3, -0.25) is 4.79 Å². The number of hydrogen-bond donors (Lipinski definition) is 3. The molecule has 6 nitrogen and oxygen atoms in total. The highest BCUT2D eigenvalue weighted by Crippen LogP contribution is 1.92. The number of amides is 2. The smallest absolute Gasteiger partial charge is 0.314 e. The van der Waals surface area contributed by atoms with Crippen molar-refractivity contribution in [2.24, 2.45) is 0 Å². The van der Waals surface area contributed by atoms with Crippen molar-refractivity contribution in [2.45, 2.75) is 25.9 Å². The topological polar surface area (TPSA) is 87.7 Å². The van der Waals surface area contributed by atoms with E-state index in [0.717, 1.165) is 6.42 Å². The molecule has 1 unspecified atom stereocenters. The number of carboxylic acids is 1. The molecule has 2 amide bonds. The van der Waals surface area contributed by atoms with Gasteiger partial charge in [-0.2, -0.15) is 0 Å². The summed E-state index contributed by atoms with van der Waals surface area (Å²) < 4.78 is 5.06. The summed E-state index contributed by atoms with van der Waals surface area (Å²) in [5, 5.41) is 13.4. The molecule has 0 fully saturated rings. The van der Waals surface area contributed by atoms with Crippen LogP contribution in [0.5, 0.6) is 0 Å². The van der Waals surface area contributed by atoms with E-state index >= 15 is 0 Å². The molecule has 0 radical (unpaired) electrons. The van der Waals surface area contributed by atoms with Crippen LogP contribution < -0.4 is 10.6 Å².